The van der Waals surface area contributed by atoms with Crippen molar-refractivity contribution in [2.24, 2.45) is 5.92 Å². The SMILES string of the molecule is CCCCC(CC)C(=O)NC1=C2C(=C(Oc3ccccc3)C(=O)C1)C=C1C=CC=CC1N2C. The van der Waals surface area contributed by atoms with E-state index in [1.54, 1.807) is 0 Å². The molecule has 0 bridgehead atoms. The van der Waals surface area contributed by atoms with Gasteiger partial charge in [-0.25, -0.2) is 0 Å². The average molecular weight is 445 g/mol. The number of hydrogen-bond donors (Lipinski definition) is 1. The summed E-state index contributed by atoms with van der Waals surface area (Å²) < 4.78 is 6.11. The second kappa shape index (κ2) is 10.1. The number of fused-ring (bicyclic) bond motifs is 2. The number of para-hydroxylation sites is 1. The molecule has 0 saturated heterocycles. The number of rotatable bonds is 8. The van der Waals surface area contributed by atoms with Crippen molar-refractivity contribution in [3.8, 4) is 5.75 Å². The van der Waals surface area contributed by atoms with Crippen LogP contribution in [0.4, 0.5) is 0 Å². The van der Waals surface area contributed by atoms with Crippen molar-refractivity contribution >= 4 is 11.7 Å². The third-order valence-corrected chi connectivity index (χ3v) is 6.50. The van der Waals surface area contributed by atoms with Gasteiger partial charge in [0.25, 0.3) is 0 Å². The van der Waals surface area contributed by atoms with Gasteiger partial charge in [-0.1, -0.05) is 69.2 Å². The lowest BCUT2D eigenvalue weighted by Crippen LogP contribution is -2.42. The molecular weight excluding hydrogens is 412 g/mol. The first kappa shape index (κ1) is 22.8. The van der Waals surface area contributed by atoms with Crippen LogP contribution in [-0.2, 0) is 9.59 Å². The number of unbranched alkanes of at least 4 members (excludes halogenated alkanes) is 1. The molecule has 1 aromatic carbocycles. The highest BCUT2D eigenvalue weighted by Crippen LogP contribution is 2.39. The third kappa shape index (κ3) is 4.72. The van der Waals surface area contributed by atoms with Crippen LogP contribution in [0.1, 0.15) is 46.0 Å². The second-order valence-electron chi connectivity index (χ2n) is 8.77. The van der Waals surface area contributed by atoms with Crippen LogP contribution in [0.3, 0.4) is 0 Å². The van der Waals surface area contributed by atoms with Crippen LogP contribution < -0.4 is 10.1 Å². The average Bonchev–Trinajstić information content (AvgIpc) is 2.82. The Kier molecular flexibility index (Phi) is 6.97. The fourth-order valence-electron chi connectivity index (χ4n) is 4.66. The molecule has 1 N–H and O–H groups in total. The highest BCUT2D eigenvalue weighted by molar-refractivity contribution is 6.00. The van der Waals surface area contributed by atoms with Gasteiger partial charge in [0.15, 0.2) is 5.76 Å². The topological polar surface area (TPSA) is 58.6 Å². The minimum Gasteiger partial charge on any atom is -0.453 e. The van der Waals surface area contributed by atoms with Crippen molar-refractivity contribution < 1.29 is 14.3 Å². The van der Waals surface area contributed by atoms with Crippen molar-refractivity contribution in [2.75, 3.05) is 7.05 Å². The van der Waals surface area contributed by atoms with Gasteiger partial charge in [0.1, 0.15) is 5.75 Å². The molecule has 33 heavy (non-hydrogen) atoms. The van der Waals surface area contributed by atoms with Crippen molar-refractivity contribution in [1.29, 1.82) is 0 Å². The van der Waals surface area contributed by atoms with E-state index in [2.05, 4.69) is 29.3 Å². The molecule has 0 aromatic heterocycles. The lowest BCUT2D eigenvalue weighted by Gasteiger charge is -2.40. The van der Waals surface area contributed by atoms with Gasteiger partial charge in [-0.05, 0) is 36.6 Å². The van der Waals surface area contributed by atoms with Crippen LogP contribution in [0, 0.1) is 5.92 Å². The number of nitrogens with zero attached hydrogens (tertiary/aromatic N) is 1. The first-order chi connectivity index (χ1) is 16.0. The predicted molar refractivity (Wildman–Crippen MR) is 130 cm³/mol. The van der Waals surface area contributed by atoms with Crippen LogP contribution in [-0.4, -0.2) is 29.7 Å². The maximum absolute atomic E-state index is 13.3. The number of ketones is 1. The van der Waals surface area contributed by atoms with E-state index >= 15 is 0 Å². The summed E-state index contributed by atoms with van der Waals surface area (Å²) in [5.74, 6) is 0.755. The molecule has 5 nitrogen and oxygen atoms in total. The van der Waals surface area contributed by atoms with E-state index in [0.717, 1.165) is 42.5 Å². The fourth-order valence-corrected chi connectivity index (χ4v) is 4.66. The standard InChI is InChI=1S/C28H32N2O3/c1-4-6-12-19(5-2)28(32)29-23-18-25(31)27(33-21-14-8-7-9-15-21)22-17-20-13-10-11-16-24(20)30(3)26(22)23/h7-11,13-17,19,24H,4-6,12,18H2,1-3H3,(H,29,32). The quantitative estimate of drug-likeness (QED) is 0.599. The Hall–Kier alpha value is -3.34. The van der Waals surface area contributed by atoms with E-state index in [4.69, 9.17) is 4.74 Å². The number of carbonyl (C=O) groups is 2. The molecule has 1 amide bonds. The molecule has 2 atom stereocenters. The second-order valence-corrected chi connectivity index (χ2v) is 8.77. The molecule has 1 aromatic rings. The van der Waals surface area contributed by atoms with E-state index < -0.39 is 0 Å². The summed E-state index contributed by atoms with van der Waals surface area (Å²) in [6.07, 6.45) is 14.0. The molecule has 1 heterocycles. The summed E-state index contributed by atoms with van der Waals surface area (Å²) >= 11 is 0. The molecule has 5 heteroatoms. The number of likely N-dealkylation sites (N-methyl/N-ethyl adjacent to an activating group) is 1. The largest absolute Gasteiger partial charge is 0.453 e. The third-order valence-electron chi connectivity index (χ3n) is 6.50. The lowest BCUT2D eigenvalue weighted by molar-refractivity contribution is -0.124. The van der Waals surface area contributed by atoms with E-state index in [0.29, 0.717) is 17.2 Å². The number of ether oxygens (including phenoxy) is 1. The molecule has 0 radical (unpaired) electrons. The molecule has 172 valence electrons. The number of carbonyl (C=O) groups excluding carboxylic acids is 2. The van der Waals surface area contributed by atoms with Gasteiger partial charge >= 0.3 is 0 Å². The molecule has 3 aliphatic rings. The smallest absolute Gasteiger partial charge is 0.227 e. The van der Waals surface area contributed by atoms with Crippen molar-refractivity contribution in [1.82, 2.24) is 10.2 Å². The minimum absolute atomic E-state index is 0.00436. The number of Topliss-reactive ketones (excluding diaryl/α,β-unsaturated/α-hetero) is 1. The first-order valence-corrected chi connectivity index (χ1v) is 11.9. The Bertz CT molecular complexity index is 1080. The van der Waals surface area contributed by atoms with Gasteiger partial charge in [0.05, 0.1) is 18.2 Å². The monoisotopic (exact) mass is 444 g/mol. The van der Waals surface area contributed by atoms with Crippen molar-refractivity contribution in [2.45, 2.75) is 52.0 Å². The van der Waals surface area contributed by atoms with Crippen molar-refractivity contribution in [3.63, 3.8) is 0 Å². The molecule has 2 unspecified atom stereocenters. The van der Waals surface area contributed by atoms with Gasteiger partial charge < -0.3 is 15.0 Å². The molecule has 0 fully saturated rings. The van der Waals surface area contributed by atoms with Gasteiger partial charge in [0, 0.05) is 24.2 Å². The van der Waals surface area contributed by atoms with Gasteiger partial charge in [-0.2, -0.15) is 0 Å². The minimum atomic E-state index is -0.131. The zero-order chi connectivity index (χ0) is 23.4. The Morgan fingerprint density at radius 3 is 2.73 bits per heavy atom. The van der Waals surface area contributed by atoms with E-state index in [-0.39, 0.29) is 30.1 Å². The summed E-state index contributed by atoms with van der Waals surface area (Å²) in [5.41, 5.74) is 3.33. The maximum Gasteiger partial charge on any atom is 0.227 e. The van der Waals surface area contributed by atoms with E-state index in [1.807, 2.05) is 62.5 Å². The van der Waals surface area contributed by atoms with Gasteiger partial charge in [0.2, 0.25) is 11.7 Å². The molecule has 4 rings (SSSR count). The summed E-state index contributed by atoms with van der Waals surface area (Å²) in [7, 11) is 2.01. The number of hydrogen-bond acceptors (Lipinski definition) is 4. The number of allylic oxidation sites excluding steroid dienone is 5. The Balaban J connectivity index is 1.76. The Labute approximate surface area is 196 Å². The van der Waals surface area contributed by atoms with Crippen molar-refractivity contribution in [3.05, 3.63) is 89.0 Å². The molecule has 2 aliphatic carbocycles. The zero-order valence-electron chi connectivity index (χ0n) is 19.6. The molecular formula is C28H32N2O3. The predicted octanol–water partition coefficient (Wildman–Crippen LogP) is 5.20. The molecule has 1 aliphatic heterocycles. The fraction of sp³-hybridized carbons (Fsp3) is 0.357. The first-order valence-electron chi connectivity index (χ1n) is 11.9. The highest BCUT2D eigenvalue weighted by atomic mass is 16.5. The van der Waals surface area contributed by atoms with E-state index in [1.165, 1.54) is 0 Å². The lowest BCUT2D eigenvalue weighted by atomic mass is 9.86. The highest BCUT2D eigenvalue weighted by Gasteiger charge is 2.37. The van der Waals surface area contributed by atoms with Crippen LogP contribution in [0.15, 0.2) is 89.0 Å². The van der Waals surface area contributed by atoms with Crippen LogP contribution in [0.2, 0.25) is 0 Å². The molecule has 0 spiro atoms. The molecule has 0 saturated carbocycles. The zero-order valence-corrected chi connectivity index (χ0v) is 19.6. The Morgan fingerprint density at radius 1 is 1.21 bits per heavy atom. The van der Waals surface area contributed by atoms with Crippen LogP contribution >= 0.6 is 0 Å². The van der Waals surface area contributed by atoms with Gasteiger partial charge in [-0.15, -0.1) is 0 Å². The van der Waals surface area contributed by atoms with Crippen LogP contribution in [0.5, 0.6) is 5.75 Å². The summed E-state index contributed by atoms with van der Waals surface area (Å²) in [4.78, 5) is 28.5. The number of nitrogens with one attached hydrogen (secondary N) is 1. The van der Waals surface area contributed by atoms with Crippen LogP contribution in [0.25, 0.3) is 0 Å². The summed E-state index contributed by atoms with van der Waals surface area (Å²) in [6, 6.07) is 9.41. The number of amides is 1. The maximum atomic E-state index is 13.3. The normalized spacial score (nSPS) is 20.3. The van der Waals surface area contributed by atoms with Gasteiger partial charge in [-0.3, -0.25) is 9.59 Å². The summed E-state index contributed by atoms with van der Waals surface area (Å²) in [6.45, 7) is 4.18. The number of benzene rings is 1. The van der Waals surface area contributed by atoms with E-state index in [9.17, 15) is 9.59 Å². The Morgan fingerprint density at radius 2 is 2.00 bits per heavy atom. The summed E-state index contributed by atoms with van der Waals surface area (Å²) in [5, 5.41) is 3.14.